The Bertz CT molecular complexity index is 490. The fourth-order valence-electron chi connectivity index (χ4n) is 1.19. The molecule has 0 fully saturated rings. The third kappa shape index (κ3) is 5.45. The third-order valence-corrected chi connectivity index (χ3v) is 5.17. The van der Waals surface area contributed by atoms with Gasteiger partial charge in [0.05, 0.1) is 6.04 Å². The molecule has 1 heterocycles. The first-order chi connectivity index (χ1) is 8.36. The molecule has 0 saturated heterocycles. The number of rotatable bonds is 6. The molecule has 110 valence electrons. The molecule has 1 amide bonds. The lowest BCUT2D eigenvalue weighted by Gasteiger charge is -2.16. The van der Waals surface area contributed by atoms with Gasteiger partial charge in [-0.15, -0.1) is 23.7 Å². The van der Waals surface area contributed by atoms with Crippen LogP contribution in [0.25, 0.3) is 0 Å². The maximum Gasteiger partial charge on any atom is 0.250 e. The molecular formula is C10H18ClN3O3S2. The van der Waals surface area contributed by atoms with Gasteiger partial charge in [-0.1, -0.05) is 6.07 Å². The Morgan fingerprint density at radius 2 is 2.11 bits per heavy atom. The molecule has 2 atom stereocenters. The number of nitrogens with two attached hydrogens (primary N) is 1. The molecule has 19 heavy (non-hydrogen) atoms. The van der Waals surface area contributed by atoms with Crippen molar-refractivity contribution in [1.82, 2.24) is 10.0 Å². The van der Waals surface area contributed by atoms with Gasteiger partial charge in [-0.05, 0) is 25.3 Å². The van der Waals surface area contributed by atoms with Gasteiger partial charge in [-0.3, -0.25) is 4.79 Å². The Hall–Kier alpha value is -0.670. The van der Waals surface area contributed by atoms with Crippen molar-refractivity contribution in [2.45, 2.75) is 30.1 Å². The molecule has 0 bridgehead atoms. The van der Waals surface area contributed by atoms with Crippen LogP contribution >= 0.6 is 23.7 Å². The van der Waals surface area contributed by atoms with Crippen LogP contribution in [0.2, 0.25) is 0 Å². The van der Waals surface area contributed by atoms with E-state index in [0.29, 0.717) is 6.54 Å². The number of halogens is 1. The van der Waals surface area contributed by atoms with E-state index < -0.39 is 22.0 Å². The first kappa shape index (κ1) is 18.3. The van der Waals surface area contributed by atoms with Crippen LogP contribution in [-0.4, -0.2) is 33.0 Å². The highest BCUT2D eigenvalue weighted by Gasteiger charge is 2.23. The summed E-state index contributed by atoms with van der Waals surface area (Å²) < 4.78 is 26.2. The molecule has 1 unspecified atom stereocenters. The van der Waals surface area contributed by atoms with Gasteiger partial charge in [-0.2, -0.15) is 4.72 Å². The third-order valence-electron chi connectivity index (χ3n) is 2.23. The molecule has 0 aliphatic rings. The molecule has 1 aromatic heterocycles. The van der Waals surface area contributed by atoms with Crippen LogP contribution < -0.4 is 15.8 Å². The second-order valence-electron chi connectivity index (χ2n) is 3.92. The van der Waals surface area contributed by atoms with E-state index in [2.05, 4.69) is 10.0 Å². The minimum atomic E-state index is -3.63. The standard InChI is InChI=1S/C10H17N3O3S2.ClH/c1-7(6-11)12-10(14)8(2)13-18(15,16)9-4-3-5-17-9;/h3-5,7-8,13H,6,11H2,1-2H3,(H,12,14);1H/t7-,8?;/m0./s1. The van der Waals surface area contributed by atoms with Gasteiger partial charge in [0, 0.05) is 12.6 Å². The van der Waals surface area contributed by atoms with Crippen LogP contribution in [0.3, 0.4) is 0 Å². The minimum absolute atomic E-state index is 0. The van der Waals surface area contributed by atoms with E-state index in [0.717, 1.165) is 11.3 Å². The van der Waals surface area contributed by atoms with Crippen molar-refractivity contribution < 1.29 is 13.2 Å². The van der Waals surface area contributed by atoms with E-state index in [1.807, 2.05) is 0 Å². The highest BCUT2D eigenvalue weighted by Crippen LogP contribution is 2.15. The molecule has 1 rings (SSSR count). The van der Waals surface area contributed by atoms with Gasteiger partial charge in [0.25, 0.3) is 10.0 Å². The largest absolute Gasteiger partial charge is 0.351 e. The number of hydrogen-bond donors (Lipinski definition) is 3. The Morgan fingerprint density at radius 1 is 1.47 bits per heavy atom. The Labute approximate surface area is 123 Å². The quantitative estimate of drug-likeness (QED) is 0.699. The van der Waals surface area contributed by atoms with Crippen molar-refractivity contribution in [3.63, 3.8) is 0 Å². The minimum Gasteiger partial charge on any atom is -0.351 e. The van der Waals surface area contributed by atoms with E-state index in [-0.39, 0.29) is 22.7 Å². The van der Waals surface area contributed by atoms with Gasteiger partial charge in [-0.25, -0.2) is 8.42 Å². The summed E-state index contributed by atoms with van der Waals surface area (Å²) in [4.78, 5) is 11.7. The summed E-state index contributed by atoms with van der Waals surface area (Å²) >= 11 is 1.10. The molecule has 0 aliphatic carbocycles. The summed E-state index contributed by atoms with van der Waals surface area (Å²) in [5.74, 6) is -0.395. The van der Waals surface area contributed by atoms with E-state index in [9.17, 15) is 13.2 Å². The SMILES string of the molecule is CC(NS(=O)(=O)c1cccs1)C(=O)N[C@@H](C)CN.Cl. The average molecular weight is 328 g/mol. The van der Waals surface area contributed by atoms with E-state index in [4.69, 9.17) is 5.73 Å². The number of carbonyl (C=O) groups excluding carboxylic acids is 1. The molecule has 0 saturated carbocycles. The number of sulfonamides is 1. The maximum absolute atomic E-state index is 11.9. The van der Waals surface area contributed by atoms with E-state index in [1.165, 1.54) is 13.0 Å². The molecule has 0 spiro atoms. The van der Waals surface area contributed by atoms with E-state index in [1.54, 1.807) is 18.4 Å². The number of hydrogen-bond acceptors (Lipinski definition) is 5. The second kappa shape index (κ2) is 7.81. The smallest absolute Gasteiger partial charge is 0.250 e. The lowest BCUT2D eigenvalue weighted by atomic mass is 10.3. The molecule has 9 heteroatoms. The topological polar surface area (TPSA) is 101 Å². The molecule has 1 aromatic rings. The summed E-state index contributed by atoms with van der Waals surface area (Å²) in [6, 6.07) is 2.10. The highest BCUT2D eigenvalue weighted by molar-refractivity contribution is 7.91. The second-order valence-corrected chi connectivity index (χ2v) is 6.81. The van der Waals surface area contributed by atoms with Gasteiger partial charge in [0.15, 0.2) is 0 Å². The van der Waals surface area contributed by atoms with Gasteiger partial charge < -0.3 is 11.1 Å². The zero-order chi connectivity index (χ0) is 13.8. The summed E-state index contributed by atoms with van der Waals surface area (Å²) in [5, 5.41) is 4.27. The Morgan fingerprint density at radius 3 is 2.58 bits per heavy atom. The van der Waals surface area contributed by atoms with Crippen molar-refractivity contribution >= 4 is 39.7 Å². The van der Waals surface area contributed by atoms with Crippen molar-refractivity contribution in [1.29, 1.82) is 0 Å². The fraction of sp³-hybridized carbons (Fsp3) is 0.500. The van der Waals surface area contributed by atoms with Gasteiger partial charge in [0.1, 0.15) is 4.21 Å². The van der Waals surface area contributed by atoms with E-state index >= 15 is 0 Å². The number of thiophene rings is 1. The summed E-state index contributed by atoms with van der Waals surface area (Å²) in [6.07, 6.45) is 0. The van der Waals surface area contributed by atoms with Crippen LogP contribution in [0.4, 0.5) is 0 Å². The number of amides is 1. The van der Waals surface area contributed by atoms with Crippen molar-refractivity contribution in [2.75, 3.05) is 6.54 Å². The normalized spacial score (nSPS) is 14.3. The Kier molecular flexibility index (Phi) is 7.53. The van der Waals surface area contributed by atoms with Crippen LogP contribution in [0, 0.1) is 0 Å². The molecule has 4 N–H and O–H groups in total. The van der Waals surface area contributed by atoms with Crippen molar-refractivity contribution in [3.8, 4) is 0 Å². The van der Waals surface area contributed by atoms with Crippen LogP contribution in [-0.2, 0) is 14.8 Å². The number of nitrogens with one attached hydrogen (secondary N) is 2. The average Bonchev–Trinajstić information content (AvgIpc) is 2.82. The van der Waals surface area contributed by atoms with Gasteiger partial charge >= 0.3 is 0 Å². The lowest BCUT2D eigenvalue weighted by Crippen LogP contribution is -2.48. The summed E-state index contributed by atoms with van der Waals surface area (Å²) in [6.45, 7) is 3.54. The number of carbonyl (C=O) groups is 1. The Balaban J connectivity index is 0.00000324. The van der Waals surface area contributed by atoms with Crippen molar-refractivity contribution in [3.05, 3.63) is 17.5 Å². The zero-order valence-electron chi connectivity index (χ0n) is 10.6. The molecule has 0 radical (unpaired) electrons. The fourth-order valence-corrected chi connectivity index (χ4v) is 3.40. The first-order valence-corrected chi connectivity index (χ1v) is 7.79. The van der Waals surface area contributed by atoms with Crippen molar-refractivity contribution in [2.24, 2.45) is 5.73 Å². The molecule has 0 aromatic carbocycles. The molecular weight excluding hydrogens is 310 g/mol. The molecule has 6 nitrogen and oxygen atoms in total. The van der Waals surface area contributed by atoms with Crippen LogP contribution in [0.1, 0.15) is 13.8 Å². The van der Waals surface area contributed by atoms with Gasteiger partial charge in [0.2, 0.25) is 5.91 Å². The zero-order valence-corrected chi connectivity index (χ0v) is 13.1. The predicted octanol–water partition coefficient (Wildman–Crippen LogP) is 0.300. The van der Waals surface area contributed by atoms with Crippen LogP contribution in [0.15, 0.2) is 21.7 Å². The van der Waals surface area contributed by atoms with Crippen LogP contribution in [0.5, 0.6) is 0 Å². The monoisotopic (exact) mass is 327 g/mol. The predicted molar refractivity (Wildman–Crippen MR) is 78.0 cm³/mol. The first-order valence-electron chi connectivity index (χ1n) is 5.43. The maximum atomic E-state index is 11.9. The summed E-state index contributed by atoms with van der Waals surface area (Å²) in [5.41, 5.74) is 5.37. The molecule has 0 aliphatic heterocycles. The summed E-state index contributed by atoms with van der Waals surface area (Å²) in [7, 11) is -3.63. The highest BCUT2D eigenvalue weighted by atomic mass is 35.5. The lowest BCUT2D eigenvalue weighted by molar-refractivity contribution is -0.122.